The zero-order valence-corrected chi connectivity index (χ0v) is 24.8. The van der Waals surface area contributed by atoms with Crippen LogP contribution in [0.1, 0.15) is 63.8 Å². The van der Waals surface area contributed by atoms with Crippen LogP contribution < -0.4 is 0 Å². The van der Waals surface area contributed by atoms with Gasteiger partial charge in [-0.25, -0.2) is 9.85 Å². The van der Waals surface area contributed by atoms with Crippen molar-refractivity contribution in [2.45, 2.75) is 67.2 Å². The van der Waals surface area contributed by atoms with E-state index in [9.17, 15) is 0 Å². The minimum absolute atomic E-state index is 0. The molecule has 0 saturated heterocycles. The number of benzene rings is 2. The van der Waals surface area contributed by atoms with Gasteiger partial charge in [-0.2, -0.15) is 26.0 Å². The van der Waals surface area contributed by atoms with E-state index in [1.165, 1.54) is 53.7 Å². The first-order valence-electron chi connectivity index (χ1n) is 11.6. The Morgan fingerprint density at radius 2 is 1.03 bits per heavy atom. The molecule has 0 aliphatic rings. The summed E-state index contributed by atoms with van der Waals surface area (Å²) in [7, 11) is 1.36. The van der Waals surface area contributed by atoms with Crippen LogP contribution in [-0.2, 0) is 51.9 Å². The Hall–Kier alpha value is -1.37. The van der Waals surface area contributed by atoms with Crippen molar-refractivity contribution in [3.05, 3.63) is 89.3 Å². The second kappa shape index (κ2) is 17.2. The van der Waals surface area contributed by atoms with Crippen molar-refractivity contribution >= 4 is 37.6 Å². The summed E-state index contributed by atoms with van der Waals surface area (Å²) in [4.78, 5) is 0. The van der Waals surface area contributed by atoms with Crippen molar-refractivity contribution in [3.8, 4) is 0 Å². The van der Waals surface area contributed by atoms with E-state index in [0.29, 0.717) is 0 Å². The van der Waals surface area contributed by atoms with E-state index in [1.54, 1.807) is 0 Å². The maximum Gasteiger partial charge on any atom is 4.00 e. The molecule has 0 atom stereocenters. The van der Waals surface area contributed by atoms with Crippen molar-refractivity contribution in [1.82, 2.24) is 0 Å². The minimum atomic E-state index is 0. The van der Waals surface area contributed by atoms with Crippen LogP contribution >= 0.6 is 0 Å². The zero-order chi connectivity index (χ0) is 23.2. The average Bonchev–Trinajstić information content (AvgIpc) is 3.44. The maximum absolute atomic E-state index is 4.53. The molecule has 0 heterocycles. The van der Waals surface area contributed by atoms with Crippen LogP contribution in [0, 0.1) is 6.42 Å². The zero-order valence-electron chi connectivity index (χ0n) is 21.0. The van der Waals surface area contributed by atoms with Gasteiger partial charge in [0.1, 0.15) is 0 Å². The van der Waals surface area contributed by atoms with E-state index in [1.807, 2.05) is 20.3 Å². The molecule has 4 aromatic rings. The van der Waals surface area contributed by atoms with Gasteiger partial charge in [0.2, 0.25) is 0 Å². The van der Waals surface area contributed by atoms with Gasteiger partial charge in [0.15, 0.2) is 0 Å². The van der Waals surface area contributed by atoms with E-state index in [-0.39, 0.29) is 26.2 Å². The molecular weight excluding hydrogens is 480 g/mol. The summed E-state index contributed by atoms with van der Waals surface area (Å²) >= 11 is 0. The Labute approximate surface area is 219 Å². The van der Waals surface area contributed by atoms with Gasteiger partial charge in [0, 0.05) is 0 Å². The van der Waals surface area contributed by atoms with Crippen LogP contribution in [0.2, 0.25) is 0 Å². The average molecular weight is 520 g/mol. The molecule has 0 fully saturated rings. The van der Waals surface area contributed by atoms with Crippen molar-refractivity contribution in [3.63, 3.8) is 0 Å². The van der Waals surface area contributed by atoms with Crippen LogP contribution in [0.5, 0.6) is 0 Å². The van der Waals surface area contributed by atoms with E-state index in [2.05, 4.69) is 94.5 Å². The van der Waals surface area contributed by atoms with E-state index in [0.717, 1.165) is 25.7 Å². The van der Waals surface area contributed by atoms with Gasteiger partial charge in [-0.05, 0) is 25.7 Å². The molecule has 0 aliphatic carbocycles. The minimum Gasteiger partial charge on any atom is -0.533 e. The molecule has 4 aromatic carbocycles. The second-order valence-corrected chi connectivity index (χ2v) is 7.56. The summed E-state index contributed by atoms with van der Waals surface area (Å²) in [5.41, 5.74) is 5.85. The first-order valence-corrected chi connectivity index (χ1v) is 12.4. The van der Waals surface area contributed by atoms with Crippen molar-refractivity contribution in [2.24, 2.45) is 0 Å². The predicted molar refractivity (Wildman–Crippen MR) is 147 cm³/mol. The van der Waals surface area contributed by atoms with Gasteiger partial charge >= 0.3 is 26.2 Å². The smallest absolute Gasteiger partial charge is 0.533 e. The molecule has 0 unspecified atom stereocenters. The molecular formula is C30H40SiZr. The third-order valence-electron chi connectivity index (χ3n) is 5.38. The van der Waals surface area contributed by atoms with Gasteiger partial charge < -0.3 is 12.6 Å². The number of hydrogen-bond acceptors (Lipinski definition) is 0. The summed E-state index contributed by atoms with van der Waals surface area (Å²) in [6.07, 6.45) is 11.1. The van der Waals surface area contributed by atoms with Crippen LogP contribution in [-0.4, -0.2) is 16.0 Å². The quantitative estimate of drug-likeness (QED) is 0.193. The topological polar surface area (TPSA) is 0 Å². The summed E-state index contributed by atoms with van der Waals surface area (Å²) in [6.45, 7) is 12.8. The number of hydrogen-bond donors (Lipinski definition) is 0. The van der Waals surface area contributed by atoms with E-state index < -0.39 is 0 Å². The van der Waals surface area contributed by atoms with E-state index >= 15 is 0 Å². The molecule has 0 radical (unpaired) electrons. The summed E-state index contributed by atoms with van der Waals surface area (Å²) in [6, 6.07) is 22.4. The Bertz CT molecular complexity index is 940. The molecule has 0 saturated carbocycles. The maximum atomic E-state index is 4.53. The van der Waals surface area contributed by atoms with Crippen LogP contribution in [0.3, 0.4) is 0 Å². The van der Waals surface area contributed by atoms with Gasteiger partial charge in [-0.3, -0.25) is 0 Å². The standard InChI is InChI=1S/2C13H15.C3H7.CH3Si.Zr/c2*1-3-10-8-12-7-5-6-11(4-2)13(12)9-10;1-3-2;1-2;/h2*5-9H,3-4H2,1-2H3;3H,1-2H3;1H,2H2;/q4*-1;+4. The Morgan fingerprint density at radius 1 is 0.688 bits per heavy atom. The molecule has 0 bridgehead atoms. The molecule has 0 spiro atoms. The third-order valence-corrected chi connectivity index (χ3v) is 5.38. The fraction of sp³-hybridized carbons (Fsp3) is 0.333. The number of fused-ring (bicyclic) bond motifs is 2. The van der Waals surface area contributed by atoms with Gasteiger partial charge in [-0.15, -0.1) is 69.1 Å². The van der Waals surface area contributed by atoms with Crippen molar-refractivity contribution < 1.29 is 26.2 Å². The van der Waals surface area contributed by atoms with E-state index in [4.69, 9.17) is 0 Å². The second-order valence-electron chi connectivity index (χ2n) is 7.56. The molecule has 32 heavy (non-hydrogen) atoms. The number of rotatable bonds is 4. The third kappa shape index (κ3) is 8.53. The molecule has 168 valence electrons. The number of aryl methyl sites for hydroxylation is 4. The normalized spacial score (nSPS) is 9.56. The molecule has 0 aromatic heterocycles. The molecule has 0 amide bonds. The fourth-order valence-corrected chi connectivity index (χ4v) is 3.75. The molecule has 0 aliphatic heterocycles. The first-order chi connectivity index (χ1) is 15.1. The summed E-state index contributed by atoms with van der Waals surface area (Å²) in [5.74, 6) is 0. The fourth-order valence-electron chi connectivity index (χ4n) is 3.75. The van der Waals surface area contributed by atoms with Crippen molar-refractivity contribution in [1.29, 1.82) is 0 Å². The first kappa shape index (κ1) is 30.6. The van der Waals surface area contributed by atoms with Gasteiger partial charge in [-0.1, -0.05) is 51.0 Å². The van der Waals surface area contributed by atoms with Crippen LogP contribution in [0.25, 0.3) is 21.5 Å². The SMILES string of the molecule is CCc1cc2c(CC)cccc2[cH-]1.CCc1cc2c(CC)cccc2[cH-]1.C[CH-]C.[CH-]=[SiH2].[Zr+4]. The van der Waals surface area contributed by atoms with Crippen LogP contribution in [0.4, 0.5) is 0 Å². The molecule has 2 heteroatoms. The van der Waals surface area contributed by atoms with Crippen LogP contribution in [0.15, 0.2) is 60.7 Å². The predicted octanol–water partition coefficient (Wildman–Crippen LogP) is 7.52. The summed E-state index contributed by atoms with van der Waals surface area (Å²) < 4.78 is 0. The van der Waals surface area contributed by atoms with Gasteiger partial charge in [0.25, 0.3) is 0 Å². The molecule has 0 N–H and O–H groups in total. The molecule has 0 nitrogen and oxygen atoms in total. The monoisotopic (exact) mass is 518 g/mol. The van der Waals surface area contributed by atoms with Crippen molar-refractivity contribution in [2.75, 3.05) is 0 Å². The molecule has 4 rings (SSSR count). The summed E-state index contributed by atoms with van der Waals surface area (Å²) in [5, 5.41) is 5.69. The Kier molecular flexibility index (Phi) is 16.4. The Morgan fingerprint density at radius 3 is 1.31 bits per heavy atom. The largest absolute Gasteiger partial charge is 4.00 e. The Balaban J connectivity index is 0.000000489. The van der Waals surface area contributed by atoms with Gasteiger partial charge in [0.05, 0.1) is 0 Å².